The van der Waals surface area contributed by atoms with Gasteiger partial charge in [-0.25, -0.2) is 4.98 Å². The number of para-hydroxylation sites is 2. The van der Waals surface area contributed by atoms with Crippen molar-refractivity contribution in [3.8, 4) is 0 Å². The van der Waals surface area contributed by atoms with Crippen LogP contribution in [0.2, 0.25) is 0 Å². The Morgan fingerprint density at radius 3 is 2.39 bits per heavy atom. The van der Waals surface area contributed by atoms with Crippen molar-refractivity contribution in [3.63, 3.8) is 0 Å². The zero-order chi connectivity index (χ0) is 28.5. The molecule has 0 radical (unpaired) electrons. The molecular weight excluding hydrogens is 518 g/mol. The summed E-state index contributed by atoms with van der Waals surface area (Å²) in [6.45, 7) is 2.89. The Balaban J connectivity index is 1.33. The first-order chi connectivity index (χ1) is 19.9. The number of carboxylic acids is 1. The SMILES string of the molecule is C[C@@H]1C[C@@H]2C[C@H](C1)C[C@@H](N1[C@@H]3CCC[C@H]1C[C@@H](n1c(=O)c(/C(CCC(=O)O)=N/OCCN)nc4ccccc41)C3)C2. The lowest BCUT2D eigenvalue weighted by atomic mass is 9.65. The molecule has 0 amide bonds. The van der Waals surface area contributed by atoms with Crippen LogP contribution in [0.25, 0.3) is 11.0 Å². The number of carbonyl (C=O) groups is 1. The van der Waals surface area contributed by atoms with E-state index in [1.807, 2.05) is 28.8 Å². The van der Waals surface area contributed by atoms with Gasteiger partial charge in [0, 0.05) is 37.1 Å². The fourth-order valence-electron chi connectivity index (χ4n) is 8.90. The van der Waals surface area contributed by atoms with Crippen LogP contribution in [0.5, 0.6) is 0 Å². The highest BCUT2D eigenvalue weighted by molar-refractivity contribution is 6.00. The summed E-state index contributed by atoms with van der Waals surface area (Å²) in [6.07, 6.45) is 12.3. The van der Waals surface area contributed by atoms with Crippen LogP contribution < -0.4 is 11.3 Å². The summed E-state index contributed by atoms with van der Waals surface area (Å²) in [5.74, 6) is 1.66. The number of rotatable bonds is 9. The van der Waals surface area contributed by atoms with Gasteiger partial charge in [0.15, 0.2) is 5.69 Å². The van der Waals surface area contributed by atoms with Crippen LogP contribution in [0.3, 0.4) is 0 Å². The second-order valence-corrected chi connectivity index (χ2v) is 13.2. The largest absolute Gasteiger partial charge is 0.481 e. The number of oxime groups is 1. The first-order valence-electron chi connectivity index (χ1n) is 15.8. The number of fused-ring (bicyclic) bond motifs is 5. The molecule has 9 heteroatoms. The number of benzene rings is 1. The van der Waals surface area contributed by atoms with Crippen molar-refractivity contribution in [1.29, 1.82) is 0 Å². The summed E-state index contributed by atoms with van der Waals surface area (Å²) in [5.41, 5.74) is 7.36. The van der Waals surface area contributed by atoms with Gasteiger partial charge in [-0.1, -0.05) is 30.6 Å². The van der Waals surface area contributed by atoms with E-state index in [0.29, 0.717) is 23.6 Å². The third kappa shape index (κ3) is 5.93. The first kappa shape index (κ1) is 28.3. The fraction of sp³-hybridized carbons (Fsp3) is 0.688. The van der Waals surface area contributed by atoms with Crippen LogP contribution >= 0.6 is 0 Å². The van der Waals surface area contributed by atoms with Gasteiger partial charge in [0.1, 0.15) is 12.3 Å². The maximum atomic E-state index is 14.2. The predicted octanol–water partition coefficient (Wildman–Crippen LogP) is 4.71. The van der Waals surface area contributed by atoms with Crippen LogP contribution in [0, 0.1) is 17.8 Å². The van der Waals surface area contributed by atoms with Gasteiger partial charge < -0.3 is 20.2 Å². The highest BCUT2D eigenvalue weighted by Gasteiger charge is 2.46. The van der Waals surface area contributed by atoms with Crippen molar-refractivity contribution >= 4 is 22.7 Å². The van der Waals surface area contributed by atoms with Crippen molar-refractivity contribution in [2.75, 3.05) is 13.2 Å². The normalized spacial score (nSPS) is 32.1. The second-order valence-electron chi connectivity index (χ2n) is 13.2. The molecule has 2 aromatic rings. The minimum Gasteiger partial charge on any atom is -0.481 e. The molecule has 4 aliphatic rings. The highest BCUT2D eigenvalue weighted by atomic mass is 16.6. The van der Waals surface area contributed by atoms with E-state index in [9.17, 15) is 14.7 Å². The molecule has 2 aliphatic carbocycles. The van der Waals surface area contributed by atoms with Gasteiger partial charge in [0.25, 0.3) is 5.56 Å². The number of aliphatic carboxylic acids is 1. The summed E-state index contributed by atoms with van der Waals surface area (Å²) in [7, 11) is 0. The summed E-state index contributed by atoms with van der Waals surface area (Å²) < 4.78 is 1.96. The van der Waals surface area contributed by atoms with Crippen LogP contribution in [0.4, 0.5) is 0 Å². The standard InChI is InChI=1S/C32H45N5O4/c1-20-13-21-15-22(14-20)17-25(16-21)36-23-5-4-6-24(36)19-26(18-23)37-29-8-3-2-7-27(29)34-31(32(37)40)28(9-10-30(38)39)35-41-12-11-33/h2-3,7-8,20-26H,4-6,9-19,33H2,1H3,(H,38,39)/b35-28+/t20-,21-,22+,23-,24+,25+,26+. The van der Waals surface area contributed by atoms with Gasteiger partial charge in [0.2, 0.25) is 0 Å². The average molecular weight is 564 g/mol. The molecule has 222 valence electrons. The average Bonchev–Trinajstić information content (AvgIpc) is 2.93. The topological polar surface area (TPSA) is 123 Å². The number of piperidine rings is 2. The van der Waals surface area contributed by atoms with E-state index < -0.39 is 5.97 Å². The van der Waals surface area contributed by atoms with E-state index >= 15 is 0 Å². The van der Waals surface area contributed by atoms with Gasteiger partial charge in [0.05, 0.1) is 17.5 Å². The Bertz CT molecular complexity index is 1310. The molecule has 4 bridgehead atoms. The third-order valence-corrected chi connectivity index (χ3v) is 10.2. The van der Waals surface area contributed by atoms with Gasteiger partial charge in [-0.3, -0.25) is 14.5 Å². The lowest BCUT2D eigenvalue weighted by Gasteiger charge is -2.55. The van der Waals surface area contributed by atoms with Crippen molar-refractivity contribution in [3.05, 3.63) is 40.3 Å². The Labute approximate surface area is 242 Å². The summed E-state index contributed by atoms with van der Waals surface area (Å²) in [4.78, 5) is 38.6. The van der Waals surface area contributed by atoms with Crippen molar-refractivity contribution in [2.45, 2.75) is 108 Å². The van der Waals surface area contributed by atoms with Crippen LogP contribution in [-0.4, -0.2) is 62.5 Å². The van der Waals surface area contributed by atoms with E-state index in [-0.39, 0.29) is 49.0 Å². The number of nitrogens with zero attached hydrogens (tertiary/aromatic N) is 4. The van der Waals surface area contributed by atoms with Crippen molar-refractivity contribution < 1.29 is 14.7 Å². The van der Waals surface area contributed by atoms with Crippen molar-refractivity contribution in [1.82, 2.24) is 14.5 Å². The molecule has 2 aliphatic heterocycles. The zero-order valence-corrected chi connectivity index (χ0v) is 24.3. The fourth-order valence-corrected chi connectivity index (χ4v) is 8.90. The molecule has 3 heterocycles. The molecule has 1 aromatic carbocycles. The summed E-state index contributed by atoms with van der Waals surface area (Å²) >= 11 is 0. The molecular formula is C32H45N5O4. The molecule has 2 saturated heterocycles. The van der Waals surface area contributed by atoms with Gasteiger partial charge >= 0.3 is 5.97 Å². The Kier molecular flexibility index (Phi) is 8.45. The maximum Gasteiger partial charge on any atom is 0.303 e. The first-order valence-corrected chi connectivity index (χ1v) is 15.8. The lowest BCUT2D eigenvalue weighted by molar-refractivity contribution is -0.136. The number of aromatic nitrogens is 2. The van der Waals surface area contributed by atoms with Crippen LogP contribution in [-0.2, 0) is 9.63 Å². The van der Waals surface area contributed by atoms with Crippen molar-refractivity contribution in [2.24, 2.45) is 28.6 Å². The molecule has 9 nitrogen and oxygen atoms in total. The Morgan fingerprint density at radius 1 is 1.00 bits per heavy atom. The smallest absolute Gasteiger partial charge is 0.303 e. The highest BCUT2D eigenvalue weighted by Crippen LogP contribution is 2.48. The minimum absolute atomic E-state index is 0.0623. The zero-order valence-electron chi connectivity index (χ0n) is 24.3. The quantitative estimate of drug-likeness (QED) is 0.257. The van der Waals surface area contributed by atoms with Crippen LogP contribution in [0.15, 0.2) is 34.2 Å². The molecule has 3 N–H and O–H groups in total. The summed E-state index contributed by atoms with van der Waals surface area (Å²) in [6, 6.07) is 9.51. The lowest BCUT2D eigenvalue weighted by Crippen LogP contribution is -2.59. The van der Waals surface area contributed by atoms with E-state index in [2.05, 4.69) is 17.0 Å². The van der Waals surface area contributed by atoms with Crippen LogP contribution in [0.1, 0.15) is 95.7 Å². The third-order valence-electron chi connectivity index (χ3n) is 10.2. The van der Waals surface area contributed by atoms with E-state index in [1.165, 1.54) is 51.4 Å². The molecule has 1 aromatic heterocycles. The number of nitrogens with two attached hydrogens (primary N) is 1. The minimum atomic E-state index is -0.959. The van der Waals surface area contributed by atoms with Gasteiger partial charge in [-0.05, 0) is 87.7 Å². The van der Waals surface area contributed by atoms with E-state index in [0.717, 1.165) is 36.1 Å². The maximum absolute atomic E-state index is 14.2. The Hall–Kier alpha value is -2.78. The number of hydrogen-bond donors (Lipinski definition) is 2. The number of carboxylic acid groups (broad SMARTS) is 1. The molecule has 41 heavy (non-hydrogen) atoms. The Morgan fingerprint density at radius 2 is 1.71 bits per heavy atom. The molecule has 2 saturated carbocycles. The van der Waals surface area contributed by atoms with Gasteiger partial charge in [-0.2, -0.15) is 0 Å². The predicted molar refractivity (Wildman–Crippen MR) is 159 cm³/mol. The molecule has 0 unspecified atom stereocenters. The monoisotopic (exact) mass is 563 g/mol. The van der Waals surface area contributed by atoms with E-state index in [4.69, 9.17) is 15.6 Å². The second kappa shape index (κ2) is 12.2. The summed E-state index contributed by atoms with van der Waals surface area (Å²) in [5, 5.41) is 13.5. The van der Waals surface area contributed by atoms with E-state index in [1.54, 1.807) is 0 Å². The van der Waals surface area contributed by atoms with Gasteiger partial charge in [-0.15, -0.1) is 0 Å². The molecule has 6 rings (SSSR count). The molecule has 7 atom stereocenters. The number of hydrogen-bond acceptors (Lipinski definition) is 7. The molecule has 0 spiro atoms. The molecule has 4 fully saturated rings.